The van der Waals surface area contributed by atoms with Crippen LogP contribution in [0.2, 0.25) is 0 Å². The summed E-state index contributed by atoms with van der Waals surface area (Å²) in [6, 6.07) is 9.40. The van der Waals surface area contributed by atoms with Gasteiger partial charge in [-0.3, -0.25) is 4.79 Å². The molecule has 0 spiro atoms. The fourth-order valence-electron chi connectivity index (χ4n) is 1.71. The summed E-state index contributed by atoms with van der Waals surface area (Å²) in [6.45, 7) is 2.46. The van der Waals surface area contributed by atoms with Gasteiger partial charge in [-0.2, -0.15) is 0 Å². The fraction of sp³-hybridized carbons (Fsp3) is 0.214. The summed E-state index contributed by atoms with van der Waals surface area (Å²) in [6.07, 6.45) is 2.35. The molecule has 0 fully saturated rings. The van der Waals surface area contributed by atoms with Crippen LogP contribution in [0.25, 0.3) is 0 Å². The van der Waals surface area contributed by atoms with Crippen molar-refractivity contribution in [1.29, 1.82) is 0 Å². The number of nitrogens with two attached hydrogens (primary N) is 1. The van der Waals surface area contributed by atoms with Crippen molar-refractivity contribution in [3.63, 3.8) is 0 Å². The number of rotatable bonds is 4. The minimum Gasteiger partial charge on any atom is -0.459 e. The second kappa shape index (κ2) is 5.51. The van der Waals surface area contributed by atoms with E-state index in [1.54, 1.807) is 6.07 Å². The van der Waals surface area contributed by atoms with Gasteiger partial charge in [-0.25, -0.2) is 0 Å². The Bertz CT molecular complexity index is 529. The first kappa shape index (κ1) is 12.4. The third kappa shape index (κ3) is 2.78. The first-order valence-corrected chi connectivity index (χ1v) is 5.85. The number of benzene rings is 1. The zero-order chi connectivity index (χ0) is 13.0. The van der Waals surface area contributed by atoms with Gasteiger partial charge in [-0.1, -0.05) is 12.1 Å². The molecule has 0 unspecified atom stereocenters. The van der Waals surface area contributed by atoms with Gasteiger partial charge in [0.15, 0.2) is 5.76 Å². The molecule has 0 saturated heterocycles. The molecule has 1 heterocycles. The molecule has 1 amide bonds. The van der Waals surface area contributed by atoms with Crippen LogP contribution in [0.1, 0.15) is 21.7 Å². The maximum absolute atomic E-state index is 11.9. The predicted molar refractivity (Wildman–Crippen MR) is 70.6 cm³/mol. The standard InChI is InChI=1S/C14H16N2O2/c1-10-7-9-18-13(10)14(17)16-12-4-2-11(3-5-12)6-8-15/h2-5,7,9H,6,8,15H2,1H3,(H,16,17). The molecular formula is C14H16N2O2. The van der Waals surface area contributed by atoms with E-state index in [4.69, 9.17) is 10.2 Å². The highest BCUT2D eigenvalue weighted by Crippen LogP contribution is 2.14. The van der Waals surface area contributed by atoms with Crippen molar-refractivity contribution in [3.05, 3.63) is 53.5 Å². The van der Waals surface area contributed by atoms with E-state index in [0.717, 1.165) is 23.2 Å². The van der Waals surface area contributed by atoms with Crippen molar-refractivity contribution in [2.75, 3.05) is 11.9 Å². The Hall–Kier alpha value is -2.07. The van der Waals surface area contributed by atoms with E-state index in [1.807, 2.05) is 31.2 Å². The van der Waals surface area contributed by atoms with Gasteiger partial charge in [0.05, 0.1) is 6.26 Å². The van der Waals surface area contributed by atoms with Crippen LogP contribution in [0.3, 0.4) is 0 Å². The normalized spacial score (nSPS) is 10.3. The Kier molecular flexibility index (Phi) is 3.79. The summed E-state index contributed by atoms with van der Waals surface area (Å²) in [5.41, 5.74) is 8.21. The monoisotopic (exact) mass is 244 g/mol. The number of furan rings is 1. The quantitative estimate of drug-likeness (QED) is 0.867. The molecule has 2 rings (SSSR count). The molecule has 0 aliphatic heterocycles. The van der Waals surface area contributed by atoms with Gasteiger partial charge in [0, 0.05) is 11.3 Å². The molecule has 4 nitrogen and oxygen atoms in total. The van der Waals surface area contributed by atoms with E-state index >= 15 is 0 Å². The summed E-state index contributed by atoms with van der Waals surface area (Å²) in [5, 5.41) is 2.79. The maximum atomic E-state index is 11.9. The minimum atomic E-state index is -0.232. The summed E-state index contributed by atoms with van der Waals surface area (Å²) < 4.78 is 5.13. The Morgan fingerprint density at radius 1 is 1.28 bits per heavy atom. The summed E-state index contributed by atoms with van der Waals surface area (Å²) in [4.78, 5) is 11.9. The number of hydrogen-bond acceptors (Lipinski definition) is 3. The van der Waals surface area contributed by atoms with Crippen molar-refractivity contribution in [2.24, 2.45) is 5.73 Å². The first-order valence-electron chi connectivity index (χ1n) is 5.85. The SMILES string of the molecule is Cc1ccoc1C(=O)Nc1ccc(CCN)cc1. The third-order valence-electron chi connectivity index (χ3n) is 2.71. The predicted octanol–water partition coefficient (Wildman–Crippen LogP) is 2.34. The van der Waals surface area contributed by atoms with Gasteiger partial charge < -0.3 is 15.5 Å². The maximum Gasteiger partial charge on any atom is 0.291 e. The number of nitrogens with one attached hydrogen (secondary N) is 1. The number of anilines is 1. The lowest BCUT2D eigenvalue weighted by molar-refractivity contribution is 0.0996. The zero-order valence-electron chi connectivity index (χ0n) is 10.3. The van der Waals surface area contributed by atoms with E-state index in [-0.39, 0.29) is 5.91 Å². The number of carbonyl (C=O) groups excluding carboxylic acids is 1. The summed E-state index contributed by atoms with van der Waals surface area (Å²) in [5.74, 6) is 0.116. The average Bonchev–Trinajstić information content (AvgIpc) is 2.78. The lowest BCUT2D eigenvalue weighted by atomic mass is 10.1. The van der Waals surface area contributed by atoms with Gasteiger partial charge in [0.2, 0.25) is 0 Å². The van der Waals surface area contributed by atoms with Crippen molar-refractivity contribution in [1.82, 2.24) is 0 Å². The van der Waals surface area contributed by atoms with Crippen LogP contribution in [-0.4, -0.2) is 12.5 Å². The third-order valence-corrected chi connectivity index (χ3v) is 2.71. The van der Waals surface area contributed by atoms with E-state index in [9.17, 15) is 4.79 Å². The van der Waals surface area contributed by atoms with E-state index in [0.29, 0.717) is 12.3 Å². The van der Waals surface area contributed by atoms with E-state index in [2.05, 4.69) is 5.32 Å². The van der Waals surface area contributed by atoms with Crippen LogP contribution in [0.15, 0.2) is 41.0 Å². The zero-order valence-corrected chi connectivity index (χ0v) is 10.3. The van der Waals surface area contributed by atoms with E-state index < -0.39 is 0 Å². The number of amides is 1. The fourth-order valence-corrected chi connectivity index (χ4v) is 1.71. The minimum absolute atomic E-state index is 0.232. The Morgan fingerprint density at radius 2 is 2.00 bits per heavy atom. The van der Waals surface area contributed by atoms with Crippen LogP contribution >= 0.6 is 0 Å². The molecule has 0 aliphatic carbocycles. The van der Waals surface area contributed by atoms with Gasteiger partial charge in [-0.05, 0) is 43.7 Å². The molecule has 0 aliphatic rings. The van der Waals surface area contributed by atoms with Crippen molar-refractivity contribution < 1.29 is 9.21 Å². The average molecular weight is 244 g/mol. The molecule has 1 aromatic heterocycles. The molecule has 18 heavy (non-hydrogen) atoms. The highest BCUT2D eigenvalue weighted by molar-refractivity contribution is 6.03. The highest BCUT2D eigenvalue weighted by atomic mass is 16.3. The second-order valence-electron chi connectivity index (χ2n) is 4.12. The number of hydrogen-bond donors (Lipinski definition) is 2. The Balaban J connectivity index is 2.05. The molecule has 3 N–H and O–H groups in total. The lowest BCUT2D eigenvalue weighted by Crippen LogP contribution is -2.12. The second-order valence-corrected chi connectivity index (χ2v) is 4.12. The molecule has 0 saturated carbocycles. The number of aryl methyl sites for hydroxylation is 1. The molecule has 94 valence electrons. The Labute approximate surface area is 106 Å². The first-order chi connectivity index (χ1) is 8.70. The van der Waals surface area contributed by atoms with Gasteiger partial charge in [-0.15, -0.1) is 0 Å². The molecule has 4 heteroatoms. The van der Waals surface area contributed by atoms with Gasteiger partial charge in [0.1, 0.15) is 0 Å². The van der Waals surface area contributed by atoms with Crippen LogP contribution in [-0.2, 0) is 6.42 Å². The van der Waals surface area contributed by atoms with Crippen LogP contribution in [0.5, 0.6) is 0 Å². The van der Waals surface area contributed by atoms with Crippen LogP contribution in [0.4, 0.5) is 5.69 Å². The Morgan fingerprint density at radius 3 is 2.56 bits per heavy atom. The largest absolute Gasteiger partial charge is 0.459 e. The number of carbonyl (C=O) groups is 1. The summed E-state index contributed by atoms with van der Waals surface area (Å²) in [7, 11) is 0. The highest BCUT2D eigenvalue weighted by Gasteiger charge is 2.12. The van der Waals surface area contributed by atoms with Crippen molar-refractivity contribution in [2.45, 2.75) is 13.3 Å². The summed E-state index contributed by atoms with van der Waals surface area (Å²) >= 11 is 0. The molecule has 0 atom stereocenters. The molecule has 2 aromatic rings. The van der Waals surface area contributed by atoms with Crippen molar-refractivity contribution >= 4 is 11.6 Å². The smallest absolute Gasteiger partial charge is 0.291 e. The molecule has 0 bridgehead atoms. The van der Waals surface area contributed by atoms with Gasteiger partial charge in [0.25, 0.3) is 5.91 Å². The molecule has 1 aromatic carbocycles. The topological polar surface area (TPSA) is 68.3 Å². The van der Waals surface area contributed by atoms with Crippen LogP contribution < -0.4 is 11.1 Å². The van der Waals surface area contributed by atoms with E-state index in [1.165, 1.54) is 6.26 Å². The lowest BCUT2D eigenvalue weighted by Gasteiger charge is -2.05. The molecule has 0 radical (unpaired) electrons. The van der Waals surface area contributed by atoms with Crippen molar-refractivity contribution in [3.8, 4) is 0 Å². The molecular weight excluding hydrogens is 228 g/mol. The van der Waals surface area contributed by atoms with Crippen LogP contribution in [0, 0.1) is 6.92 Å². The van der Waals surface area contributed by atoms with Gasteiger partial charge >= 0.3 is 0 Å².